The van der Waals surface area contributed by atoms with Gasteiger partial charge in [0, 0.05) is 25.6 Å². The number of imidazole rings is 1. The molecule has 1 heterocycles. The lowest BCUT2D eigenvalue weighted by atomic mass is 10.2. The Morgan fingerprint density at radius 3 is 2.60 bits per heavy atom. The van der Waals surface area contributed by atoms with Gasteiger partial charge in [-0.1, -0.05) is 32.9 Å². The quantitative estimate of drug-likeness (QED) is 0.793. The van der Waals surface area contributed by atoms with Gasteiger partial charge in [0.1, 0.15) is 5.82 Å². The number of benzene rings is 1. The summed E-state index contributed by atoms with van der Waals surface area (Å²) in [5.74, 6) is 1.22. The van der Waals surface area contributed by atoms with Crippen LogP contribution in [0.1, 0.15) is 45.9 Å². The topological polar surface area (TPSA) is 29.9 Å². The third-order valence-electron chi connectivity index (χ3n) is 3.96. The van der Waals surface area contributed by atoms with Gasteiger partial charge in [-0.3, -0.25) is 0 Å². The first-order valence-electron chi connectivity index (χ1n) is 7.97. The summed E-state index contributed by atoms with van der Waals surface area (Å²) in [6, 6.07) is 9.10. The van der Waals surface area contributed by atoms with Gasteiger partial charge in [0.05, 0.1) is 11.0 Å². The summed E-state index contributed by atoms with van der Waals surface area (Å²) in [7, 11) is 0. The van der Waals surface area contributed by atoms with Crippen molar-refractivity contribution in [3.63, 3.8) is 0 Å². The van der Waals surface area contributed by atoms with Gasteiger partial charge in [0.15, 0.2) is 0 Å². The van der Waals surface area contributed by atoms with Gasteiger partial charge in [-0.15, -0.1) is 0 Å². The minimum absolute atomic E-state index is 0.638. The van der Waals surface area contributed by atoms with Crippen LogP contribution in [0, 0.1) is 0 Å². The summed E-state index contributed by atoms with van der Waals surface area (Å²) in [5.41, 5.74) is 2.39. The molecule has 0 saturated heterocycles. The number of rotatable bonds is 8. The van der Waals surface area contributed by atoms with E-state index in [-0.39, 0.29) is 0 Å². The van der Waals surface area contributed by atoms with Crippen molar-refractivity contribution in [2.45, 2.75) is 59.0 Å². The van der Waals surface area contributed by atoms with E-state index in [2.05, 4.69) is 54.9 Å². The number of nitrogens with one attached hydrogen (secondary N) is 1. The van der Waals surface area contributed by atoms with Crippen molar-refractivity contribution < 1.29 is 0 Å². The van der Waals surface area contributed by atoms with E-state index in [0.29, 0.717) is 6.04 Å². The van der Waals surface area contributed by atoms with Gasteiger partial charge in [-0.25, -0.2) is 4.98 Å². The lowest BCUT2D eigenvalue weighted by Gasteiger charge is -2.16. The highest BCUT2D eigenvalue weighted by Crippen LogP contribution is 2.16. The Kier molecular flexibility index (Phi) is 5.60. The van der Waals surface area contributed by atoms with Crippen LogP contribution in [0.15, 0.2) is 24.3 Å². The first-order valence-corrected chi connectivity index (χ1v) is 7.97. The fourth-order valence-corrected chi connectivity index (χ4v) is 2.75. The van der Waals surface area contributed by atoms with Crippen molar-refractivity contribution in [3.05, 3.63) is 30.1 Å². The maximum Gasteiger partial charge on any atom is 0.109 e. The lowest BCUT2D eigenvalue weighted by Crippen LogP contribution is -2.31. The van der Waals surface area contributed by atoms with Crippen molar-refractivity contribution in [1.29, 1.82) is 0 Å². The molecule has 1 N–H and O–H groups in total. The van der Waals surface area contributed by atoms with Gasteiger partial charge in [0.25, 0.3) is 0 Å². The van der Waals surface area contributed by atoms with Crippen LogP contribution in [-0.4, -0.2) is 22.1 Å². The summed E-state index contributed by atoms with van der Waals surface area (Å²) >= 11 is 0. The number of para-hydroxylation sites is 2. The Bertz CT molecular complexity index is 526. The third kappa shape index (κ3) is 3.40. The van der Waals surface area contributed by atoms with Crippen LogP contribution in [0.5, 0.6) is 0 Å². The standard InChI is InChI=1S/C17H27N3/c1-4-9-17-19-15-10-7-8-11-16(15)20(17)13-12-18-14(5-2)6-3/h7-8,10-11,14,18H,4-6,9,12-13H2,1-3H3. The lowest BCUT2D eigenvalue weighted by molar-refractivity contribution is 0.464. The van der Waals surface area contributed by atoms with Gasteiger partial charge >= 0.3 is 0 Å². The maximum atomic E-state index is 4.78. The van der Waals surface area contributed by atoms with E-state index in [0.717, 1.165) is 31.4 Å². The molecule has 0 aliphatic carbocycles. The molecule has 0 amide bonds. The average molecular weight is 273 g/mol. The molecule has 0 bridgehead atoms. The molecule has 0 unspecified atom stereocenters. The SMILES string of the molecule is CCCc1nc2ccccc2n1CCNC(CC)CC. The second kappa shape index (κ2) is 7.44. The first-order chi connectivity index (χ1) is 9.80. The van der Waals surface area contributed by atoms with E-state index in [1.54, 1.807) is 0 Å². The molecule has 2 aromatic rings. The molecule has 0 fully saturated rings. The van der Waals surface area contributed by atoms with E-state index < -0.39 is 0 Å². The molecule has 110 valence electrons. The molecule has 0 aliphatic heterocycles. The van der Waals surface area contributed by atoms with Gasteiger partial charge in [-0.2, -0.15) is 0 Å². The largest absolute Gasteiger partial charge is 0.327 e. The van der Waals surface area contributed by atoms with Crippen LogP contribution in [0.2, 0.25) is 0 Å². The van der Waals surface area contributed by atoms with Crippen molar-refractivity contribution in [2.24, 2.45) is 0 Å². The van der Waals surface area contributed by atoms with Crippen molar-refractivity contribution in [2.75, 3.05) is 6.54 Å². The monoisotopic (exact) mass is 273 g/mol. The molecular formula is C17H27N3. The molecule has 3 nitrogen and oxygen atoms in total. The molecule has 0 aliphatic rings. The molecule has 2 rings (SSSR count). The van der Waals surface area contributed by atoms with E-state index in [1.165, 1.54) is 24.2 Å². The van der Waals surface area contributed by atoms with Gasteiger partial charge < -0.3 is 9.88 Å². The van der Waals surface area contributed by atoms with Crippen LogP contribution in [-0.2, 0) is 13.0 Å². The molecular weight excluding hydrogens is 246 g/mol. The second-order valence-corrected chi connectivity index (χ2v) is 5.39. The summed E-state index contributed by atoms with van der Waals surface area (Å²) in [6.07, 6.45) is 4.59. The molecule has 0 saturated carbocycles. The Balaban J connectivity index is 2.12. The Morgan fingerprint density at radius 2 is 1.90 bits per heavy atom. The zero-order chi connectivity index (χ0) is 14.4. The fourth-order valence-electron chi connectivity index (χ4n) is 2.75. The normalized spacial score (nSPS) is 11.6. The van der Waals surface area contributed by atoms with Crippen LogP contribution in [0.3, 0.4) is 0 Å². The average Bonchev–Trinajstić information content (AvgIpc) is 2.82. The van der Waals surface area contributed by atoms with Gasteiger partial charge in [-0.05, 0) is 31.4 Å². The smallest absolute Gasteiger partial charge is 0.109 e. The van der Waals surface area contributed by atoms with E-state index in [4.69, 9.17) is 4.98 Å². The Labute approximate surface area is 122 Å². The number of fused-ring (bicyclic) bond motifs is 1. The number of aryl methyl sites for hydroxylation is 1. The Morgan fingerprint density at radius 1 is 1.15 bits per heavy atom. The van der Waals surface area contributed by atoms with E-state index >= 15 is 0 Å². The van der Waals surface area contributed by atoms with E-state index in [9.17, 15) is 0 Å². The maximum absolute atomic E-state index is 4.78. The molecule has 1 aromatic carbocycles. The van der Waals surface area contributed by atoms with Crippen molar-refractivity contribution in [1.82, 2.24) is 14.9 Å². The van der Waals surface area contributed by atoms with Gasteiger partial charge in [0.2, 0.25) is 0 Å². The number of hydrogen-bond donors (Lipinski definition) is 1. The van der Waals surface area contributed by atoms with Crippen molar-refractivity contribution in [3.8, 4) is 0 Å². The van der Waals surface area contributed by atoms with Crippen LogP contribution in [0.4, 0.5) is 0 Å². The van der Waals surface area contributed by atoms with E-state index in [1.807, 2.05) is 0 Å². The Hall–Kier alpha value is -1.35. The van der Waals surface area contributed by atoms with Crippen LogP contribution >= 0.6 is 0 Å². The summed E-state index contributed by atoms with van der Waals surface area (Å²) in [4.78, 5) is 4.78. The highest BCUT2D eigenvalue weighted by molar-refractivity contribution is 5.75. The molecule has 20 heavy (non-hydrogen) atoms. The predicted octanol–water partition coefficient (Wildman–Crippen LogP) is 3.77. The number of hydrogen-bond acceptors (Lipinski definition) is 2. The van der Waals surface area contributed by atoms with Crippen molar-refractivity contribution >= 4 is 11.0 Å². The minimum Gasteiger partial charge on any atom is -0.327 e. The summed E-state index contributed by atoms with van der Waals surface area (Å²) < 4.78 is 2.38. The number of aromatic nitrogens is 2. The first kappa shape index (κ1) is 15.0. The summed E-state index contributed by atoms with van der Waals surface area (Å²) in [5, 5.41) is 3.64. The highest BCUT2D eigenvalue weighted by atomic mass is 15.1. The molecule has 3 heteroatoms. The zero-order valence-corrected chi connectivity index (χ0v) is 13.0. The third-order valence-corrected chi connectivity index (χ3v) is 3.96. The molecule has 0 atom stereocenters. The summed E-state index contributed by atoms with van der Waals surface area (Å²) in [6.45, 7) is 8.73. The highest BCUT2D eigenvalue weighted by Gasteiger charge is 2.09. The second-order valence-electron chi connectivity index (χ2n) is 5.39. The number of nitrogens with zero attached hydrogens (tertiary/aromatic N) is 2. The van der Waals surface area contributed by atoms with Crippen LogP contribution in [0.25, 0.3) is 11.0 Å². The van der Waals surface area contributed by atoms with Crippen LogP contribution < -0.4 is 5.32 Å². The molecule has 1 aromatic heterocycles. The zero-order valence-electron chi connectivity index (χ0n) is 13.0. The predicted molar refractivity (Wildman–Crippen MR) is 86.1 cm³/mol. The fraction of sp³-hybridized carbons (Fsp3) is 0.588. The molecule has 0 radical (unpaired) electrons. The minimum atomic E-state index is 0.638. The molecule has 0 spiro atoms.